The van der Waals surface area contributed by atoms with Gasteiger partial charge in [-0.3, -0.25) is 0 Å². The zero-order valence-corrected chi connectivity index (χ0v) is 21.1. The van der Waals surface area contributed by atoms with E-state index in [9.17, 15) is 5.11 Å². The predicted octanol–water partition coefficient (Wildman–Crippen LogP) is 6.71. The van der Waals surface area contributed by atoms with Gasteiger partial charge < -0.3 is 14.0 Å². The van der Waals surface area contributed by atoms with Gasteiger partial charge in [0.15, 0.2) is 0 Å². The minimum Gasteiger partial charge on any atom is -0.543 e. The topological polar surface area (TPSA) is 38.7 Å². The van der Waals surface area contributed by atoms with Crippen molar-refractivity contribution in [2.75, 3.05) is 0 Å². The van der Waals surface area contributed by atoms with Crippen LogP contribution in [0, 0.1) is 0 Å². The van der Waals surface area contributed by atoms with Crippen LogP contribution in [0.1, 0.15) is 47.1 Å². The van der Waals surface area contributed by atoms with Crippen molar-refractivity contribution in [1.82, 2.24) is 0 Å². The summed E-state index contributed by atoms with van der Waals surface area (Å²) < 4.78 is 13.8. The summed E-state index contributed by atoms with van der Waals surface area (Å²) in [7, 11) is -3.95. The van der Waals surface area contributed by atoms with Gasteiger partial charge in [0.2, 0.25) is 8.32 Å². The second kappa shape index (κ2) is 7.37. The highest BCUT2D eigenvalue weighted by Crippen LogP contribution is 2.43. The average molecular weight is 448 g/mol. The fourth-order valence-electron chi connectivity index (χ4n) is 1.75. The molecule has 0 aromatic heterocycles. The third-order valence-corrected chi connectivity index (χ3v) is 15.2. The van der Waals surface area contributed by atoms with Gasteiger partial charge in [0.05, 0.1) is 11.1 Å². The molecule has 0 radical (unpaired) electrons. The van der Waals surface area contributed by atoms with Gasteiger partial charge in [0.25, 0.3) is 8.32 Å². The molecule has 0 unspecified atom stereocenters. The minimum atomic E-state index is -1.99. The molecule has 0 aliphatic carbocycles. The van der Waals surface area contributed by atoms with Crippen molar-refractivity contribution in [2.24, 2.45) is 0 Å². The van der Waals surface area contributed by atoms with Gasteiger partial charge in [-0.1, -0.05) is 41.5 Å². The normalized spacial score (nSPS) is 13.8. The summed E-state index contributed by atoms with van der Waals surface area (Å²) in [4.78, 5) is 0. The molecule has 0 amide bonds. The van der Waals surface area contributed by atoms with Gasteiger partial charge in [-0.25, -0.2) is 0 Å². The zero-order valence-electron chi connectivity index (χ0n) is 17.5. The van der Waals surface area contributed by atoms with Crippen LogP contribution in [0.5, 0.6) is 11.5 Å². The van der Waals surface area contributed by atoms with Crippen molar-refractivity contribution >= 4 is 32.6 Å². The molecule has 0 saturated carbocycles. The van der Waals surface area contributed by atoms with Gasteiger partial charge in [-0.05, 0) is 63.8 Å². The first kappa shape index (κ1) is 22.7. The molecule has 25 heavy (non-hydrogen) atoms. The second-order valence-corrected chi connectivity index (χ2v) is 20.0. The quantitative estimate of drug-likeness (QED) is 0.510. The van der Waals surface area contributed by atoms with Crippen LogP contribution in [-0.4, -0.2) is 21.7 Å². The first-order valence-electron chi connectivity index (χ1n) is 8.83. The van der Waals surface area contributed by atoms with Crippen LogP contribution in [0.4, 0.5) is 0 Å². The lowest BCUT2D eigenvalue weighted by Crippen LogP contribution is -2.44. The Kier molecular flexibility index (Phi) is 6.70. The van der Waals surface area contributed by atoms with Crippen molar-refractivity contribution in [2.45, 2.75) is 84.4 Å². The Labute approximate surface area is 164 Å². The van der Waals surface area contributed by atoms with E-state index in [4.69, 9.17) is 8.85 Å². The molecule has 0 heterocycles. The maximum atomic E-state index is 9.77. The van der Waals surface area contributed by atoms with Crippen LogP contribution >= 0.6 is 15.9 Å². The number of aliphatic hydroxyl groups excluding tert-OH is 1. The van der Waals surface area contributed by atoms with Crippen LogP contribution in [0.3, 0.4) is 0 Å². The second-order valence-electron chi connectivity index (χ2n) is 9.78. The summed E-state index contributed by atoms with van der Waals surface area (Å²) in [5, 5.41) is 9.98. The Morgan fingerprint density at radius 3 is 1.72 bits per heavy atom. The summed E-state index contributed by atoms with van der Waals surface area (Å²) in [5.74, 6) is 1.56. The fourth-order valence-corrected chi connectivity index (χ4v) is 4.37. The number of hydrogen-bond acceptors (Lipinski definition) is 3. The van der Waals surface area contributed by atoms with Gasteiger partial charge in [0, 0.05) is 6.07 Å². The molecule has 1 aromatic carbocycles. The third kappa shape index (κ3) is 5.34. The van der Waals surface area contributed by atoms with Crippen molar-refractivity contribution in [3.8, 4) is 11.5 Å². The molecule has 0 bridgehead atoms. The minimum absolute atomic E-state index is 0.0524. The van der Waals surface area contributed by atoms with Gasteiger partial charge in [0.1, 0.15) is 11.5 Å². The lowest BCUT2D eigenvalue weighted by molar-refractivity contribution is 0.280. The predicted molar refractivity (Wildman–Crippen MR) is 116 cm³/mol. The lowest BCUT2D eigenvalue weighted by Gasteiger charge is -2.38. The largest absolute Gasteiger partial charge is 0.543 e. The SMILES string of the molecule is CC(C)(C)[Si](C)(C)Oc1cc(CO)c(Br)c(O[Si](C)(C)C(C)(C)C)c1. The molecule has 1 aromatic rings. The number of benzene rings is 1. The Balaban J connectivity index is 3.33. The summed E-state index contributed by atoms with van der Waals surface area (Å²) >= 11 is 3.61. The molecule has 6 heteroatoms. The van der Waals surface area contributed by atoms with E-state index in [1.807, 2.05) is 12.1 Å². The van der Waals surface area contributed by atoms with Crippen molar-refractivity contribution in [3.05, 3.63) is 22.2 Å². The van der Waals surface area contributed by atoms with Gasteiger partial charge in [-0.2, -0.15) is 0 Å². The molecule has 0 spiro atoms. The van der Waals surface area contributed by atoms with Crippen molar-refractivity contribution < 1.29 is 14.0 Å². The fraction of sp³-hybridized carbons (Fsp3) is 0.684. The lowest BCUT2D eigenvalue weighted by atomic mass is 10.2. The number of halogens is 1. The molecule has 1 N–H and O–H groups in total. The van der Waals surface area contributed by atoms with E-state index < -0.39 is 16.6 Å². The van der Waals surface area contributed by atoms with Gasteiger partial charge in [-0.15, -0.1) is 0 Å². The van der Waals surface area contributed by atoms with Gasteiger partial charge >= 0.3 is 0 Å². The smallest absolute Gasteiger partial charge is 0.250 e. The highest BCUT2D eigenvalue weighted by molar-refractivity contribution is 9.10. The molecular formula is C19H35BrO3Si2. The summed E-state index contributed by atoms with van der Waals surface area (Å²) in [6, 6.07) is 3.90. The van der Waals surface area contributed by atoms with Crippen molar-refractivity contribution in [3.63, 3.8) is 0 Å². The number of hydrogen-bond donors (Lipinski definition) is 1. The Morgan fingerprint density at radius 2 is 1.32 bits per heavy atom. The third-order valence-electron chi connectivity index (χ3n) is 5.61. The van der Waals surface area contributed by atoms with E-state index >= 15 is 0 Å². The molecule has 0 fully saturated rings. The van der Waals surface area contributed by atoms with E-state index in [1.165, 1.54) is 0 Å². The standard InChI is InChI=1S/C19H35BrO3Si2/c1-18(2,3)24(7,8)22-15-11-14(13-21)17(20)16(12-15)23-25(9,10)19(4,5)6/h11-12,21H,13H2,1-10H3. The molecule has 0 aliphatic heterocycles. The summed E-state index contributed by atoms with van der Waals surface area (Å²) in [6.45, 7) is 22.2. The zero-order chi connectivity index (χ0) is 19.8. The molecule has 144 valence electrons. The van der Waals surface area contributed by atoms with E-state index in [0.29, 0.717) is 0 Å². The Morgan fingerprint density at radius 1 is 0.880 bits per heavy atom. The number of rotatable bonds is 5. The van der Waals surface area contributed by atoms with Crippen LogP contribution in [-0.2, 0) is 6.61 Å². The van der Waals surface area contributed by atoms with Crippen LogP contribution in [0.25, 0.3) is 0 Å². The van der Waals surface area contributed by atoms with Crippen LogP contribution in [0.2, 0.25) is 36.3 Å². The molecule has 0 aliphatic rings. The van der Waals surface area contributed by atoms with Crippen LogP contribution in [0.15, 0.2) is 16.6 Å². The monoisotopic (exact) mass is 446 g/mol. The summed E-state index contributed by atoms with van der Waals surface area (Å²) in [6.07, 6.45) is 0. The molecule has 1 rings (SSSR count). The summed E-state index contributed by atoms with van der Waals surface area (Å²) in [5.41, 5.74) is 0.796. The van der Waals surface area contributed by atoms with E-state index in [1.54, 1.807) is 0 Å². The first-order chi connectivity index (χ1) is 11.0. The molecule has 3 nitrogen and oxygen atoms in total. The van der Waals surface area contributed by atoms with Crippen molar-refractivity contribution in [1.29, 1.82) is 0 Å². The highest BCUT2D eigenvalue weighted by atomic mass is 79.9. The van der Waals surface area contributed by atoms with Crippen LogP contribution < -0.4 is 8.85 Å². The molecular weight excluding hydrogens is 412 g/mol. The Hall–Kier alpha value is -0.306. The first-order valence-corrected chi connectivity index (χ1v) is 15.4. The van der Waals surface area contributed by atoms with E-state index in [0.717, 1.165) is 21.5 Å². The highest BCUT2D eigenvalue weighted by Gasteiger charge is 2.41. The Bertz CT molecular complexity index is 614. The van der Waals surface area contributed by atoms with E-state index in [2.05, 4.69) is 83.7 Å². The molecule has 0 saturated heterocycles. The maximum Gasteiger partial charge on any atom is 0.250 e. The van der Waals surface area contributed by atoms with E-state index in [-0.39, 0.29) is 16.7 Å². The molecule has 0 atom stereocenters. The maximum absolute atomic E-state index is 9.77. The average Bonchev–Trinajstić information content (AvgIpc) is 2.38. The number of aliphatic hydroxyl groups is 1.